The molecule has 4 atom stereocenters. The summed E-state index contributed by atoms with van der Waals surface area (Å²) in [5, 5.41) is 1.98. The largest absolute Gasteiger partial charge is 0.496 e. The fourth-order valence-electron chi connectivity index (χ4n) is 6.01. The van der Waals surface area contributed by atoms with Crippen LogP contribution in [0.4, 0.5) is 0 Å². The van der Waals surface area contributed by atoms with Crippen LogP contribution < -0.4 is 9.47 Å². The Morgan fingerprint density at radius 1 is 0.722 bits per heavy atom. The predicted octanol–water partition coefficient (Wildman–Crippen LogP) is 9.01. The van der Waals surface area contributed by atoms with Crippen molar-refractivity contribution in [3.05, 3.63) is 75.3 Å². The Bertz CT molecular complexity index is 2100. The van der Waals surface area contributed by atoms with Crippen molar-refractivity contribution in [1.29, 1.82) is 0 Å². The lowest BCUT2D eigenvalue weighted by Gasteiger charge is -2.32. The van der Waals surface area contributed by atoms with Gasteiger partial charge in [-0.25, -0.2) is 0 Å². The van der Waals surface area contributed by atoms with E-state index in [-0.39, 0.29) is 65.5 Å². The van der Waals surface area contributed by atoms with Gasteiger partial charge in [-0.05, 0) is 104 Å². The van der Waals surface area contributed by atoms with E-state index in [0.717, 1.165) is 41.7 Å². The predicted molar refractivity (Wildman–Crippen MR) is 217 cm³/mol. The minimum Gasteiger partial charge on any atom is -0.496 e. The summed E-state index contributed by atoms with van der Waals surface area (Å²) >= 11 is 6.30. The van der Waals surface area contributed by atoms with Gasteiger partial charge in [0.05, 0.1) is 65.7 Å². The molecule has 0 radical (unpaired) electrons. The molecule has 2 aromatic heterocycles. The van der Waals surface area contributed by atoms with E-state index >= 15 is 0 Å². The standard InChI is InChI=1S/C17H16O4S.C15H13BrO4S.C8H15BO2/c1-4-9-5-10-6-15(22-14(10)8-13(9)20-2)16(18)11-7-12(11)17(19)21-3;1-19-11-6-12-7(3-10(11)16)4-13(21-12)14(17)8-5-9(8)15(18)20-2;1-6-9-10-7(2,3)8(4,5)11-9/h4-6,8,11-12H,1,7H2,2-3H3;3-4,6,8-9H,5H2,1-2H3;6H,1H2,2-5H3/t11-,12+;8-,9+;/m11./s1. The monoisotopic (exact) mass is 838 g/mol. The van der Waals surface area contributed by atoms with Gasteiger partial charge in [0.15, 0.2) is 11.6 Å². The van der Waals surface area contributed by atoms with Gasteiger partial charge in [0, 0.05) is 26.8 Å². The quantitative estimate of drug-likeness (QED) is 0.0869. The number of Topliss-reactive ketones (excluding diaryl/α,β-unsaturated/α-hetero) is 2. The van der Waals surface area contributed by atoms with Crippen molar-refractivity contribution in [2.24, 2.45) is 23.7 Å². The summed E-state index contributed by atoms with van der Waals surface area (Å²) in [7, 11) is 5.67. The highest BCUT2D eigenvalue weighted by atomic mass is 79.9. The lowest BCUT2D eigenvalue weighted by atomic mass is 9.90. The molecule has 1 aliphatic heterocycles. The summed E-state index contributed by atoms with van der Waals surface area (Å²) in [5.41, 5.74) is 0.434. The average Bonchev–Trinajstić information content (AvgIpc) is 4.03. The third kappa shape index (κ3) is 8.68. The van der Waals surface area contributed by atoms with Crippen LogP contribution in [0.3, 0.4) is 0 Å². The molecular formula is C40H44BBrO10S2. The molecule has 10 nitrogen and oxygen atoms in total. The van der Waals surface area contributed by atoms with Crippen molar-refractivity contribution in [1.82, 2.24) is 0 Å². The van der Waals surface area contributed by atoms with Gasteiger partial charge < -0.3 is 28.3 Å². The summed E-state index contributed by atoms with van der Waals surface area (Å²) in [6.45, 7) is 15.5. The van der Waals surface area contributed by atoms with E-state index in [2.05, 4.69) is 33.8 Å². The summed E-state index contributed by atoms with van der Waals surface area (Å²) in [6, 6.07) is 11.5. The van der Waals surface area contributed by atoms with Crippen LogP contribution in [-0.2, 0) is 28.4 Å². The third-order valence-electron chi connectivity index (χ3n) is 10.1. The smallest absolute Gasteiger partial charge is 0.486 e. The summed E-state index contributed by atoms with van der Waals surface area (Å²) < 4.78 is 33.9. The number of carbonyl (C=O) groups is 4. The second-order valence-electron chi connectivity index (χ2n) is 14.1. The van der Waals surface area contributed by atoms with Crippen molar-refractivity contribution >= 4 is 95.5 Å². The molecule has 3 fully saturated rings. The SMILES string of the molecule is C=CB1OC(C)(C)C(C)(C)O1.C=Cc1cc2cc(C(=O)[C@@H]3C[C@@H]3C(=O)OC)sc2cc1OC.COC(=O)[C@H]1C[C@H]1C(=O)c1cc2cc(Br)c(OC)cc2s1. The van der Waals surface area contributed by atoms with Crippen LogP contribution in [0.2, 0.25) is 0 Å². The van der Waals surface area contributed by atoms with E-state index in [1.54, 1.807) is 26.3 Å². The average molecular weight is 840 g/mol. The van der Waals surface area contributed by atoms with Gasteiger partial charge in [-0.2, -0.15) is 0 Å². The minimum absolute atomic E-state index is 0.0238. The maximum atomic E-state index is 12.5. The molecule has 3 heterocycles. The van der Waals surface area contributed by atoms with E-state index in [0.29, 0.717) is 22.6 Å². The molecule has 7 rings (SSSR count). The zero-order valence-corrected chi connectivity index (χ0v) is 34.8. The van der Waals surface area contributed by atoms with Gasteiger partial charge in [0.2, 0.25) is 0 Å². The summed E-state index contributed by atoms with van der Waals surface area (Å²) in [5.74, 6) is 1.61. The van der Waals surface area contributed by atoms with E-state index in [1.165, 1.54) is 36.9 Å². The van der Waals surface area contributed by atoms with E-state index in [4.69, 9.17) is 23.5 Å². The molecule has 2 aromatic carbocycles. The molecule has 0 N–H and O–H groups in total. The first-order valence-electron chi connectivity index (χ1n) is 17.3. The summed E-state index contributed by atoms with van der Waals surface area (Å²) in [4.78, 5) is 49.1. The molecule has 1 saturated heterocycles. The van der Waals surface area contributed by atoms with Crippen LogP contribution in [0.15, 0.2) is 60.0 Å². The number of rotatable bonds is 10. The molecule has 3 aliphatic rings. The minimum atomic E-state index is -0.296. The number of esters is 2. The molecule has 286 valence electrons. The Morgan fingerprint density at radius 3 is 1.56 bits per heavy atom. The van der Waals surface area contributed by atoms with Crippen molar-refractivity contribution < 1.29 is 47.4 Å². The van der Waals surface area contributed by atoms with E-state index < -0.39 is 0 Å². The highest BCUT2D eigenvalue weighted by molar-refractivity contribution is 9.10. The molecule has 0 bridgehead atoms. The van der Waals surface area contributed by atoms with Crippen LogP contribution in [0, 0.1) is 23.7 Å². The second kappa shape index (κ2) is 16.5. The van der Waals surface area contributed by atoms with Gasteiger partial charge in [-0.3, -0.25) is 19.2 Å². The van der Waals surface area contributed by atoms with Crippen LogP contribution in [0.5, 0.6) is 11.5 Å². The zero-order chi connectivity index (χ0) is 39.7. The number of ether oxygens (including phenoxy) is 4. The number of fused-ring (bicyclic) bond motifs is 2. The highest BCUT2D eigenvalue weighted by Crippen LogP contribution is 2.45. The Labute approximate surface area is 332 Å². The maximum Gasteiger partial charge on any atom is 0.486 e. The van der Waals surface area contributed by atoms with Gasteiger partial charge in [-0.1, -0.05) is 18.6 Å². The number of halogens is 1. The van der Waals surface area contributed by atoms with E-state index in [1.807, 2.05) is 64.1 Å². The normalized spacial score (nSPS) is 21.5. The molecule has 54 heavy (non-hydrogen) atoms. The van der Waals surface area contributed by atoms with Crippen LogP contribution in [0.1, 0.15) is 65.4 Å². The van der Waals surface area contributed by atoms with Gasteiger partial charge >= 0.3 is 19.1 Å². The Hall–Kier alpha value is -3.82. The van der Waals surface area contributed by atoms with Gasteiger partial charge in [-0.15, -0.1) is 29.3 Å². The molecule has 2 aliphatic carbocycles. The lowest BCUT2D eigenvalue weighted by molar-refractivity contribution is -0.143. The molecule has 2 saturated carbocycles. The van der Waals surface area contributed by atoms with E-state index in [9.17, 15) is 19.2 Å². The first-order valence-corrected chi connectivity index (χ1v) is 19.7. The first-order chi connectivity index (χ1) is 25.5. The fourth-order valence-corrected chi connectivity index (χ4v) is 8.68. The number of methoxy groups -OCH3 is 4. The number of thiophene rings is 2. The molecule has 0 spiro atoms. The topological polar surface area (TPSA) is 124 Å². The van der Waals surface area contributed by atoms with Crippen molar-refractivity contribution in [2.75, 3.05) is 28.4 Å². The highest BCUT2D eigenvalue weighted by Gasteiger charge is 2.51. The van der Waals surface area contributed by atoms with Crippen molar-refractivity contribution in [3.63, 3.8) is 0 Å². The number of carbonyl (C=O) groups excluding carboxylic acids is 4. The van der Waals surface area contributed by atoms with Gasteiger partial charge in [0.1, 0.15) is 11.5 Å². The second-order valence-corrected chi connectivity index (χ2v) is 17.1. The first kappa shape index (κ1) is 41.4. The van der Waals surface area contributed by atoms with Gasteiger partial charge in [0.25, 0.3) is 0 Å². The fraction of sp³-hybridized carbons (Fsp3) is 0.400. The van der Waals surface area contributed by atoms with Crippen molar-refractivity contribution in [2.45, 2.75) is 51.7 Å². The van der Waals surface area contributed by atoms with Crippen LogP contribution >= 0.6 is 38.6 Å². The molecule has 0 unspecified atom stereocenters. The van der Waals surface area contributed by atoms with Crippen LogP contribution in [-0.4, -0.2) is 70.3 Å². The Kier molecular flexibility index (Phi) is 12.6. The maximum absolute atomic E-state index is 12.5. The van der Waals surface area contributed by atoms with Crippen LogP contribution in [0.25, 0.3) is 26.2 Å². The molecular weight excluding hydrogens is 795 g/mol. The van der Waals surface area contributed by atoms with Crippen molar-refractivity contribution in [3.8, 4) is 11.5 Å². The number of ketones is 2. The number of hydrogen-bond donors (Lipinski definition) is 0. The molecule has 0 amide bonds. The number of benzene rings is 2. The Balaban J connectivity index is 0.000000165. The Morgan fingerprint density at radius 2 is 1.17 bits per heavy atom. The third-order valence-corrected chi connectivity index (χ3v) is 12.9. The summed E-state index contributed by atoms with van der Waals surface area (Å²) in [6.07, 6.45) is 2.90. The molecule has 4 aromatic rings. The zero-order valence-electron chi connectivity index (χ0n) is 31.6. The number of hydrogen-bond acceptors (Lipinski definition) is 12. The lowest BCUT2D eigenvalue weighted by Crippen LogP contribution is -2.41. The molecule has 14 heteroatoms.